The van der Waals surface area contributed by atoms with Crippen LogP contribution in [0, 0.1) is 5.92 Å². The summed E-state index contributed by atoms with van der Waals surface area (Å²) in [4.78, 5) is 69.9. The number of nitrogens with one attached hydrogen (secondary N) is 2. The molecule has 0 radical (unpaired) electrons. The highest BCUT2D eigenvalue weighted by atomic mass is 16.3. The smallest absolute Gasteiger partial charge is 0.262 e. The van der Waals surface area contributed by atoms with Gasteiger partial charge < -0.3 is 15.3 Å². The zero-order chi connectivity index (χ0) is 39.7. The number of carbonyl (C=O) groups excluding carboxylic acids is 5. The van der Waals surface area contributed by atoms with Crippen molar-refractivity contribution < 1.29 is 29.1 Å². The Labute approximate surface area is 337 Å². The molecule has 296 valence electrons. The largest absolute Gasteiger partial charge is 0.508 e. The number of aromatic hydroxyl groups is 1. The Morgan fingerprint density at radius 3 is 2.07 bits per heavy atom. The number of piperidine rings is 1. The zero-order valence-electron chi connectivity index (χ0n) is 32.4. The second kappa shape index (κ2) is 14.5. The molecule has 11 heteroatoms. The molecule has 1 saturated carbocycles. The van der Waals surface area contributed by atoms with Crippen LogP contribution in [0.2, 0.25) is 0 Å². The maximum atomic E-state index is 13.8. The molecule has 3 fully saturated rings. The Kier molecular flexibility index (Phi) is 9.15. The van der Waals surface area contributed by atoms with E-state index in [-0.39, 0.29) is 41.7 Å². The fraction of sp³-hybridized carbons (Fsp3) is 0.383. The van der Waals surface area contributed by atoms with Crippen molar-refractivity contribution in [3.63, 3.8) is 0 Å². The van der Waals surface area contributed by atoms with E-state index in [0.29, 0.717) is 36.8 Å². The van der Waals surface area contributed by atoms with Crippen LogP contribution in [-0.4, -0.2) is 80.6 Å². The third-order valence-electron chi connectivity index (χ3n) is 13.7. The van der Waals surface area contributed by atoms with Gasteiger partial charge in [0.05, 0.1) is 17.2 Å². The number of hydrogen-bond acceptors (Lipinski definition) is 8. The average molecular weight is 778 g/mol. The minimum Gasteiger partial charge on any atom is -0.508 e. The normalized spacial score (nSPS) is 25.8. The van der Waals surface area contributed by atoms with Crippen LogP contribution in [0.5, 0.6) is 5.75 Å². The van der Waals surface area contributed by atoms with Gasteiger partial charge in [-0.3, -0.25) is 39.1 Å². The van der Waals surface area contributed by atoms with Crippen LogP contribution in [0.3, 0.4) is 0 Å². The number of rotatable bonds is 7. The van der Waals surface area contributed by atoms with Gasteiger partial charge in [-0.25, -0.2) is 0 Å². The van der Waals surface area contributed by atoms with Gasteiger partial charge in [0.25, 0.3) is 11.8 Å². The molecule has 1 unspecified atom stereocenters. The molecule has 11 nitrogen and oxygen atoms in total. The fourth-order valence-corrected chi connectivity index (χ4v) is 10.7. The van der Waals surface area contributed by atoms with Gasteiger partial charge in [-0.15, -0.1) is 0 Å². The van der Waals surface area contributed by atoms with Gasteiger partial charge in [-0.2, -0.15) is 0 Å². The lowest BCUT2D eigenvalue weighted by atomic mass is 9.69. The highest BCUT2D eigenvalue weighted by Crippen LogP contribution is 2.47. The molecule has 6 aliphatic rings. The molecular formula is C47H47N5O6. The average Bonchev–Trinajstić information content (AvgIpc) is 3.75. The zero-order valence-corrected chi connectivity index (χ0v) is 32.4. The van der Waals surface area contributed by atoms with E-state index in [9.17, 15) is 29.1 Å². The second-order valence-electron chi connectivity index (χ2n) is 17.1. The molecule has 3 atom stereocenters. The SMILES string of the molecule is O=C1CCC(N2C(=O)c3cc4c(cc3C2=O)CN(C(=O)C2CCC(N3CC(Nc5ccc([C@H]6c7ccc(O)cc7CC[C@H]6c6ccccc6)cc5)C3)CC2)C4)C(=O)N1. The van der Waals surface area contributed by atoms with Gasteiger partial charge in [-0.05, 0) is 121 Å². The maximum absolute atomic E-state index is 13.8. The summed E-state index contributed by atoms with van der Waals surface area (Å²) in [7, 11) is 0. The van der Waals surface area contributed by atoms with Crippen molar-refractivity contribution in [2.75, 3.05) is 18.4 Å². The number of phenols is 1. The van der Waals surface area contributed by atoms with Gasteiger partial charge in [0, 0.05) is 56.2 Å². The molecule has 4 aliphatic heterocycles. The summed E-state index contributed by atoms with van der Waals surface area (Å²) in [5, 5.41) is 16.2. The number of carbonyl (C=O) groups is 5. The third-order valence-corrected chi connectivity index (χ3v) is 13.7. The number of phenolic OH excluding ortho intramolecular Hbond substituents is 1. The first-order valence-corrected chi connectivity index (χ1v) is 20.8. The quantitative estimate of drug-likeness (QED) is 0.199. The van der Waals surface area contributed by atoms with Crippen molar-refractivity contribution in [2.24, 2.45) is 5.92 Å². The van der Waals surface area contributed by atoms with Crippen molar-refractivity contribution in [1.82, 2.24) is 20.0 Å². The molecule has 2 aliphatic carbocycles. The number of amides is 5. The molecular weight excluding hydrogens is 731 g/mol. The summed E-state index contributed by atoms with van der Waals surface area (Å²) in [6.45, 7) is 2.75. The topological polar surface area (TPSA) is 139 Å². The lowest BCUT2D eigenvalue weighted by Crippen LogP contribution is -2.59. The summed E-state index contributed by atoms with van der Waals surface area (Å²) in [6.07, 6.45) is 5.83. The number of fused-ring (bicyclic) bond motifs is 3. The summed E-state index contributed by atoms with van der Waals surface area (Å²) >= 11 is 0. The molecule has 0 spiro atoms. The van der Waals surface area contributed by atoms with Crippen molar-refractivity contribution in [3.05, 3.63) is 129 Å². The van der Waals surface area contributed by atoms with Crippen LogP contribution in [0.1, 0.15) is 111 Å². The van der Waals surface area contributed by atoms with Gasteiger partial charge in [0.2, 0.25) is 17.7 Å². The molecule has 2 saturated heterocycles. The van der Waals surface area contributed by atoms with Crippen molar-refractivity contribution >= 4 is 35.2 Å². The summed E-state index contributed by atoms with van der Waals surface area (Å²) < 4.78 is 0. The van der Waals surface area contributed by atoms with Crippen molar-refractivity contribution in [3.8, 4) is 5.75 Å². The monoisotopic (exact) mass is 777 g/mol. The standard InChI is InChI=1S/C47H47N5O6/c53-36-15-17-38-30(20-36)10-16-37(27-4-2-1-3-5-27)43(38)28-6-11-33(12-7-28)48-34-25-50(26-34)35-13-8-29(9-14-35)45(56)51-23-31-21-39-40(22-32(31)24-51)47(58)52(46(39)57)41-18-19-42(54)49-44(41)55/h1-7,11-12,15,17,20-22,29,34-35,37,41,43,48,53H,8-10,13-14,16,18-19,23-26H2,(H,49,54,55)/t29?,35?,37-,41?,43+/m0/s1. The molecule has 4 heterocycles. The maximum Gasteiger partial charge on any atom is 0.262 e. The Balaban J connectivity index is 0.716. The van der Waals surface area contributed by atoms with Crippen LogP contribution in [0.25, 0.3) is 0 Å². The molecule has 58 heavy (non-hydrogen) atoms. The first-order chi connectivity index (χ1) is 28.2. The van der Waals surface area contributed by atoms with Crippen LogP contribution >= 0.6 is 0 Å². The predicted octanol–water partition coefficient (Wildman–Crippen LogP) is 5.85. The van der Waals surface area contributed by atoms with E-state index in [1.165, 1.54) is 22.3 Å². The van der Waals surface area contributed by atoms with Gasteiger partial charge >= 0.3 is 0 Å². The Morgan fingerprint density at radius 1 is 0.707 bits per heavy atom. The number of anilines is 1. The third kappa shape index (κ3) is 6.45. The molecule has 4 aromatic carbocycles. The fourth-order valence-electron chi connectivity index (χ4n) is 10.7. The van der Waals surface area contributed by atoms with Crippen LogP contribution in [0.15, 0.2) is 84.9 Å². The predicted molar refractivity (Wildman–Crippen MR) is 216 cm³/mol. The highest BCUT2D eigenvalue weighted by Gasteiger charge is 2.46. The van der Waals surface area contributed by atoms with E-state index < -0.39 is 29.7 Å². The summed E-state index contributed by atoms with van der Waals surface area (Å²) in [6, 6.07) is 28.9. The Hall–Kier alpha value is -5.81. The number of imide groups is 2. The molecule has 0 bridgehead atoms. The molecule has 3 N–H and O–H groups in total. The number of aryl methyl sites for hydroxylation is 1. The number of hydrogen-bond donors (Lipinski definition) is 3. The highest BCUT2D eigenvalue weighted by molar-refractivity contribution is 6.23. The van der Waals surface area contributed by atoms with Crippen molar-refractivity contribution in [2.45, 2.75) is 94.4 Å². The molecule has 4 aromatic rings. The van der Waals surface area contributed by atoms with E-state index in [4.69, 9.17) is 0 Å². The Morgan fingerprint density at radius 2 is 1.40 bits per heavy atom. The number of benzene rings is 4. The molecule has 0 aromatic heterocycles. The second-order valence-corrected chi connectivity index (χ2v) is 17.1. The minimum absolute atomic E-state index is 0.0410. The van der Waals surface area contributed by atoms with Crippen LogP contribution in [-0.2, 0) is 33.9 Å². The van der Waals surface area contributed by atoms with E-state index in [1.54, 1.807) is 12.1 Å². The van der Waals surface area contributed by atoms with Gasteiger partial charge in [-0.1, -0.05) is 48.5 Å². The van der Waals surface area contributed by atoms with Crippen molar-refractivity contribution in [1.29, 1.82) is 0 Å². The number of likely N-dealkylation sites (tertiary alicyclic amines) is 1. The van der Waals surface area contributed by atoms with Gasteiger partial charge in [0.1, 0.15) is 11.8 Å². The summed E-state index contributed by atoms with van der Waals surface area (Å²) in [5.41, 5.74) is 8.53. The lowest BCUT2D eigenvalue weighted by molar-refractivity contribution is -0.138. The lowest BCUT2D eigenvalue weighted by Gasteiger charge is -2.47. The minimum atomic E-state index is -0.998. The van der Waals surface area contributed by atoms with E-state index in [1.807, 2.05) is 17.0 Å². The van der Waals surface area contributed by atoms with Gasteiger partial charge in [0.15, 0.2) is 0 Å². The van der Waals surface area contributed by atoms with E-state index in [0.717, 1.165) is 73.3 Å². The summed E-state index contributed by atoms with van der Waals surface area (Å²) in [5.74, 6) is -1.07. The van der Waals surface area contributed by atoms with E-state index >= 15 is 0 Å². The molecule has 5 amide bonds. The number of nitrogens with zero attached hydrogens (tertiary/aromatic N) is 3. The molecule has 10 rings (SSSR count). The van der Waals surface area contributed by atoms with Crippen LogP contribution < -0.4 is 10.6 Å². The van der Waals surface area contributed by atoms with Crippen LogP contribution in [0.4, 0.5) is 5.69 Å². The van der Waals surface area contributed by atoms with E-state index in [2.05, 4.69) is 76.2 Å². The Bertz CT molecular complexity index is 2290. The first-order valence-electron chi connectivity index (χ1n) is 20.8. The first kappa shape index (κ1) is 36.5.